The van der Waals surface area contributed by atoms with Crippen molar-refractivity contribution in [1.82, 2.24) is 10.6 Å². The maximum absolute atomic E-state index is 13.4. The van der Waals surface area contributed by atoms with Crippen molar-refractivity contribution in [2.75, 3.05) is 25.0 Å². The van der Waals surface area contributed by atoms with E-state index in [2.05, 4.69) is 17.6 Å². The fraction of sp³-hybridized carbons (Fsp3) is 0.654. The van der Waals surface area contributed by atoms with Gasteiger partial charge in [-0.25, -0.2) is 0 Å². The van der Waals surface area contributed by atoms with E-state index in [4.69, 9.17) is 5.73 Å². The van der Waals surface area contributed by atoms with Gasteiger partial charge in [0.2, 0.25) is 17.7 Å². The molecule has 0 saturated carbocycles. The fourth-order valence-electron chi connectivity index (χ4n) is 4.33. The summed E-state index contributed by atoms with van der Waals surface area (Å²) in [6.45, 7) is 8.71. The SMILES string of the molecule is CCCCNC(=O)[C@H](C)C[C@H](O)[C@@H](N)CC(C)(C)CC(=O)N1CC(C(=O)NC)Sc2ccccc21. The van der Waals surface area contributed by atoms with E-state index >= 15 is 0 Å². The average Bonchev–Trinajstić information content (AvgIpc) is 2.81. The second-order valence-corrected chi connectivity index (χ2v) is 11.5. The summed E-state index contributed by atoms with van der Waals surface area (Å²) in [4.78, 5) is 40.6. The van der Waals surface area contributed by atoms with Crippen molar-refractivity contribution in [2.24, 2.45) is 17.1 Å². The van der Waals surface area contributed by atoms with Crippen LogP contribution in [0.2, 0.25) is 0 Å². The molecule has 1 aromatic rings. The van der Waals surface area contributed by atoms with Crippen molar-refractivity contribution in [2.45, 2.75) is 82.1 Å². The highest BCUT2D eigenvalue weighted by Gasteiger charge is 2.36. The molecule has 8 nitrogen and oxygen atoms in total. The number of carbonyl (C=O) groups excluding carboxylic acids is 3. The standard InChI is InChI=1S/C26H42N4O4S/c1-6-7-12-29-24(33)17(2)13-20(31)18(27)14-26(3,4)15-23(32)30-16-22(25(34)28-5)35-21-11-9-8-10-19(21)30/h8-11,17-18,20,22,31H,6-7,12-16,27H2,1-5H3,(H,28,34)(H,29,33)/t17-,18+,20+,22?/m1/s1. The second-order valence-electron chi connectivity index (χ2n) is 10.3. The number of anilines is 1. The van der Waals surface area contributed by atoms with Gasteiger partial charge in [-0.2, -0.15) is 0 Å². The number of benzene rings is 1. The second kappa shape index (κ2) is 13.3. The van der Waals surface area contributed by atoms with Gasteiger partial charge in [-0.05, 0) is 36.8 Å². The van der Waals surface area contributed by atoms with Crippen LogP contribution in [0.1, 0.15) is 59.8 Å². The van der Waals surface area contributed by atoms with Gasteiger partial charge >= 0.3 is 0 Å². The molecular weight excluding hydrogens is 464 g/mol. The molecule has 1 aliphatic rings. The molecule has 2 rings (SSSR count). The number of hydrogen-bond acceptors (Lipinski definition) is 6. The predicted molar refractivity (Wildman–Crippen MR) is 141 cm³/mol. The van der Waals surface area contributed by atoms with Crippen molar-refractivity contribution in [3.05, 3.63) is 24.3 Å². The number of para-hydroxylation sites is 1. The van der Waals surface area contributed by atoms with Crippen molar-refractivity contribution in [3.8, 4) is 0 Å². The molecule has 1 heterocycles. The number of fused-ring (bicyclic) bond motifs is 1. The summed E-state index contributed by atoms with van der Waals surface area (Å²) < 4.78 is 0. The molecule has 4 atom stereocenters. The molecule has 5 N–H and O–H groups in total. The van der Waals surface area contributed by atoms with Crippen molar-refractivity contribution >= 4 is 35.2 Å². The van der Waals surface area contributed by atoms with Gasteiger partial charge in [0.1, 0.15) is 5.25 Å². The van der Waals surface area contributed by atoms with Crippen LogP contribution >= 0.6 is 11.8 Å². The first kappa shape index (κ1) is 29.1. The number of carbonyl (C=O) groups is 3. The normalized spacial score (nSPS) is 18.3. The van der Waals surface area contributed by atoms with Gasteiger partial charge in [0.25, 0.3) is 0 Å². The maximum Gasteiger partial charge on any atom is 0.235 e. The molecule has 1 aromatic carbocycles. The molecule has 0 spiro atoms. The molecule has 3 amide bonds. The number of amides is 3. The van der Waals surface area contributed by atoms with Crippen molar-refractivity contribution in [3.63, 3.8) is 0 Å². The highest BCUT2D eigenvalue weighted by molar-refractivity contribution is 8.00. The first-order chi connectivity index (χ1) is 16.5. The Morgan fingerprint density at radius 2 is 1.97 bits per heavy atom. The van der Waals surface area contributed by atoms with Gasteiger partial charge in [0, 0.05) is 43.4 Å². The number of thioether (sulfide) groups is 1. The molecule has 1 aliphatic heterocycles. The monoisotopic (exact) mass is 506 g/mol. The molecule has 35 heavy (non-hydrogen) atoms. The van der Waals surface area contributed by atoms with E-state index in [1.807, 2.05) is 38.1 Å². The number of hydrogen-bond donors (Lipinski definition) is 4. The molecule has 196 valence electrons. The molecule has 0 bridgehead atoms. The van der Waals surface area contributed by atoms with Gasteiger partial charge in [-0.3, -0.25) is 14.4 Å². The Bertz CT molecular complexity index is 879. The topological polar surface area (TPSA) is 125 Å². The van der Waals surface area contributed by atoms with E-state index in [1.165, 1.54) is 11.8 Å². The lowest BCUT2D eigenvalue weighted by molar-refractivity contribution is -0.125. The van der Waals surface area contributed by atoms with E-state index in [0.717, 1.165) is 23.4 Å². The Hall–Kier alpha value is -2.10. The number of rotatable bonds is 12. The van der Waals surface area contributed by atoms with Crippen LogP contribution in [0.4, 0.5) is 5.69 Å². The predicted octanol–water partition coefficient (Wildman–Crippen LogP) is 2.68. The van der Waals surface area contributed by atoms with Crippen molar-refractivity contribution in [1.29, 1.82) is 0 Å². The summed E-state index contributed by atoms with van der Waals surface area (Å²) >= 11 is 1.47. The summed E-state index contributed by atoms with van der Waals surface area (Å²) in [5, 5.41) is 15.9. The zero-order valence-corrected chi connectivity index (χ0v) is 22.5. The van der Waals surface area contributed by atoms with E-state index in [1.54, 1.807) is 18.9 Å². The summed E-state index contributed by atoms with van der Waals surface area (Å²) in [6, 6.07) is 7.04. The number of aliphatic hydroxyl groups excluding tert-OH is 1. The van der Waals surface area contributed by atoms with Crippen LogP contribution in [0.25, 0.3) is 0 Å². The van der Waals surface area contributed by atoms with E-state index in [9.17, 15) is 19.5 Å². The van der Waals surface area contributed by atoms with E-state index in [0.29, 0.717) is 19.5 Å². The van der Waals surface area contributed by atoms with Gasteiger partial charge in [0.05, 0.1) is 11.8 Å². The molecule has 0 saturated heterocycles. The van der Waals surface area contributed by atoms with E-state index < -0.39 is 17.6 Å². The average molecular weight is 507 g/mol. The largest absolute Gasteiger partial charge is 0.391 e. The summed E-state index contributed by atoms with van der Waals surface area (Å²) in [5.41, 5.74) is 6.65. The van der Waals surface area contributed by atoms with Gasteiger partial charge in [-0.15, -0.1) is 11.8 Å². The summed E-state index contributed by atoms with van der Waals surface area (Å²) in [6.07, 6.45) is 2.00. The third kappa shape index (κ3) is 8.51. The zero-order valence-electron chi connectivity index (χ0n) is 21.7. The minimum atomic E-state index is -0.846. The van der Waals surface area contributed by atoms with Crippen molar-refractivity contribution < 1.29 is 19.5 Å². The molecule has 1 unspecified atom stereocenters. The molecule has 9 heteroatoms. The molecular formula is C26H42N4O4S. The number of aliphatic hydroxyl groups is 1. The minimum absolute atomic E-state index is 0.0774. The number of nitrogens with zero attached hydrogens (tertiary/aromatic N) is 1. The fourth-order valence-corrected chi connectivity index (χ4v) is 5.54. The van der Waals surface area contributed by atoms with Crippen LogP contribution < -0.4 is 21.3 Å². The summed E-state index contributed by atoms with van der Waals surface area (Å²) in [5.74, 6) is -0.616. The number of unbranched alkanes of at least 4 members (excludes halogenated alkanes) is 1. The van der Waals surface area contributed by atoms with E-state index in [-0.39, 0.29) is 41.7 Å². The van der Waals surface area contributed by atoms with Crippen LogP contribution in [-0.4, -0.2) is 60.4 Å². The highest BCUT2D eigenvalue weighted by Crippen LogP contribution is 2.40. The Morgan fingerprint density at radius 3 is 2.63 bits per heavy atom. The molecule has 0 aromatic heterocycles. The quantitative estimate of drug-likeness (QED) is 0.323. The first-order valence-electron chi connectivity index (χ1n) is 12.5. The number of nitrogens with one attached hydrogen (secondary N) is 2. The summed E-state index contributed by atoms with van der Waals surface area (Å²) in [7, 11) is 1.60. The number of nitrogens with two attached hydrogens (primary N) is 1. The van der Waals surface area contributed by atoms with Gasteiger partial charge in [0.15, 0.2) is 0 Å². The highest BCUT2D eigenvalue weighted by atomic mass is 32.2. The minimum Gasteiger partial charge on any atom is -0.391 e. The third-order valence-corrected chi connectivity index (χ3v) is 7.64. The zero-order chi connectivity index (χ0) is 26.2. The Balaban J connectivity index is 1.99. The molecule has 0 radical (unpaired) electrons. The molecule has 0 aliphatic carbocycles. The van der Waals surface area contributed by atoms with Crippen LogP contribution in [0.15, 0.2) is 29.2 Å². The Morgan fingerprint density at radius 1 is 1.29 bits per heavy atom. The lowest BCUT2D eigenvalue weighted by Crippen LogP contribution is -2.47. The first-order valence-corrected chi connectivity index (χ1v) is 13.4. The lowest BCUT2D eigenvalue weighted by atomic mass is 9.80. The third-order valence-electron chi connectivity index (χ3n) is 6.40. The van der Waals surface area contributed by atoms with Crippen LogP contribution in [0.5, 0.6) is 0 Å². The maximum atomic E-state index is 13.4. The molecule has 0 fully saturated rings. The van der Waals surface area contributed by atoms with Gasteiger partial charge in [-0.1, -0.05) is 46.2 Å². The van der Waals surface area contributed by atoms with Crippen LogP contribution in [-0.2, 0) is 14.4 Å². The smallest absolute Gasteiger partial charge is 0.235 e. The van der Waals surface area contributed by atoms with Crippen LogP contribution in [0, 0.1) is 11.3 Å². The van der Waals surface area contributed by atoms with Gasteiger partial charge < -0.3 is 26.4 Å². The van der Waals surface area contributed by atoms with Crippen LogP contribution in [0.3, 0.4) is 0 Å². The lowest BCUT2D eigenvalue weighted by Gasteiger charge is -2.36. The Kier molecular flexibility index (Phi) is 11.0. The Labute approximate surface area is 213 Å².